The Hall–Kier alpha value is -0.680. The Labute approximate surface area is 107 Å². The summed E-state index contributed by atoms with van der Waals surface area (Å²) >= 11 is 4.53. The lowest BCUT2D eigenvalue weighted by molar-refractivity contribution is -0.117. The molecule has 0 atom stereocenters. The molecule has 0 aliphatic heterocycles. The van der Waals surface area contributed by atoms with Gasteiger partial charge in [0, 0.05) is 6.54 Å². The van der Waals surface area contributed by atoms with Gasteiger partial charge in [0.15, 0.2) is 0 Å². The summed E-state index contributed by atoms with van der Waals surface area (Å²) in [6, 6.07) is 3.42. The van der Waals surface area contributed by atoms with Crippen molar-refractivity contribution in [3.8, 4) is 0 Å². The third-order valence-electron chi connectivity index (χ3n) is 2.01. The van der Waals surface area contributed by atoms with Crippen LogP contribution in [0.1, 0.15) is 29.9 Å². The molecule has 0 bridgehead atoms. The van der Waals surface area contributed by atoms with Gasteiger partial charge in [-0.2, -0.15) is 0 Å². The molecule has 1 rings (SSSR count). The molecule has 3 nitrogen and oxygen atoms in total. The molecule has 0 saturated carbocycles. The van der Waals surface area contributed by atoms with Gasteiger partial charge in [0.05, 0.1) is 8.66 Å². The van der Waals surface area contributed by atoms with Crippen LogP contribution in [0, 0.1) is 5.92 Å². The molecule has 0 aliphatic rings. The van der Waals surface area contributed by atoms with Gasteiger partial charge in [-0.15, -0.1) is 11.3 Å². The fraction of sp³-hybridized carbons (Fsp3) is 0.455. The third kappa shape index (κ3) is 4.06. The first kappa shape index (κ1) is 13.4. The predicted octanol–water partition coefficient (Wildman–Crippen LogP) is 2.86. The van der Waals surface area contributed by atoms with Crippen molar-refractivity contribution in [1.82, 2.24) is 5.32 Å². The van der Waals surface area contributed by atoms with E-state index in [0.717, 1.165) is 10.2 Å². The first-order valence-corrected chi connectivity index (χ1v) is 6.69. The predicted molar refractivity (Wildman–Crippen MR) is 68.8 cm³/mol. The van der Waals surface area contributed by atoms with Gasteiger partial charge in [0.25, 0.3) is 11.7 Å². The Morgan fingerprint density at radius 1 is 1.44 bits per heavy atom. The second-order valence-electron chi connectivity index (χ2n) is 3.87. The molecule has 1 N–H and O–H groups in total. The third-order valence-corrected chi connectivity index (χ3v) is 3.63. The molecule has 0 spiro atoms. The van der Waals surface area contributed by atoms with Crippen LogP contribution in [0.5, 0.6) is 0 Å². The summed E-state index contributed by atoms with van der Waals surface area (Å²) in [7, 11) is 0. The summed E-state index contributed by atoms with van der Waals surface area (Å²) in [4.78, 5) is 23.5. The summed E-state index contributed by atoms with van der Waals surface area (Å²) in [6.07, 6.45) is 0.882. The Bertz CT molecular complexity index is 387. The van der Waals surface area contributed by atoms with E-state index in [1.807, 2.05) is 0 Å². The van der Waals surface area contributed by atoms with Gasteiger partial charge in [-0.1, -0.05) is 13.8 Å². The molecule has 0 fully saturated rings. The highest BCUT2D eigenvalue weighted by molar-refractivity contribution is 9.11. The number of halogens is 1. The van der Waals surface area contributed by atoms with Crippen molar-refractivity contribution in [2.45, 2.75) is 20.3 Å². The van der Waals surface area contributed by atoms with E-state index in [2.05, 4.69) is 35.1 Å². The van der Waals surface area contributed by atoms with E-state index in [-0.39, 0.29) is 0 Å². The van der Waals surface area contributed by atoms with E-state index in [0.29, 0.717) is 17.3 Å². The number of thiophene rings is 1. The van der Waals surface area contributed by atoms with E-state index in [9.17, 15) is 9.59 Å². The van der Waals surface area contributed by atoms with Gasteiger partial charge in [0.1, 0.15) is 0 Å². The van der Waals surface area contributed by atoms with Crippen LogP contribution in [-0.2, 0) is 4.79 Å². The Morgan fingerprint density at radius 2 is 2.12 bits per heavy atom. The van der Waals surface area contributed by atoms with Gasteiger partial charge in [-0.25, -0.2) is 0 Å². The number of rotatable bonds is 5. The molecule has 1 heterocycles. The maximum atomic E-state index is 11.6. The maximum absolute atomic E-state index is 11.6. The van der Waals surface area contributed by atoms with Crippen molar-refractivity contribution in [2.75, 3.05) is 6.54 Å². The zero-order valence-electron chi connectivity index (χ0n) is 9.25. The highest BCUT2D eigenvalue weighted by Crippen LogP contribution is 2.22. The number of hydrogen-bond donors (Lipinski definition) is 1. The average Bonchev–Trinajstić information content (AvgIpc) is 2.63. The Balaban J connectivity index is 2.45. The Morgan fingerprint density at radius 3 is 2.62 bits per heavy atom. The van der Waals surface area contributed by atoms with Crippen molar-refractivity contribution >= 4 is 39.0 Å². The summed E-state index contributed by atoms with van der Waals surface area (Å²) in [5.74, 6) is -0.458. The van der Waals surface area contributed by atoms with Crippen LogP contribution in [0.25, 0.3) is 0 Å². The number of nitrogens with one attached hydrogen (secondary N) is 1. The molecule has 5 heteroatoms. The highest BCUT2D eigenvalue weighted by Gasteiger charge is 2.17. The van der Waals surface area contributed by atoms with Crippen LogP contribution < -0.4 is 5.32 Å². The van der Waals surface area contributed by atoms with Crippen LogP contribution in [0.4, 0.5) is 0 Å². The lowest BCUT2D eigenvalue weighted by Gasteiger charge is -2.05. The minimum absolute atomic E-state index is 0.459. The fourth-order valence-electron chi connectivity index (χ4n) is 1.10. The van der Waals surface area contributed by atoms with Gasteiger partial charge in [0.2, 0.25) is 0 Å². The molecular formula is C11H14BrNO2S. The second-order valence-corrected chi connectivity index (χ2v) is 6.33. The summed E-state index contributed by atoms with van der Waals surface area (Å²) in [5, 5.41) is 2.62. The normalized spacial score (nSPS) is 10.5. The first-order chi connectivity index (χ1) is 7.50. The van der Waals surface area contributed by atoms with Crippen LogP contribution in [0.2, 0.25) is 0 Å². The molecule has 0 saturated heterocycles. The molecule has 1 amide bonds. The van der Waals surface area contributed by atoms with Crippen LogP contribution in [-0.4, -0.2) is 18.2 Å². The highest BCUT2D eigenvalue weighted by atomic mass is 79.9. The Kier molecular flexibility index (Phi) is 5.15. The van der Waals surface area contributed by atoms with Gasteiger partial charge >= 0.3 is 0 Å². The lowest BCUT2D eigenvalue weighted by atomic mass is 10.1. The van der Waals surface area contributed by atoms with Gasteiger partial charge < -0.3 is 5.32 Å². The molecular weight excluding hydrogens is 290 g/mol. The van der Waals surface area contributed by atoms with E-state index in [1.54, 1.807) is 12.1 Å². The number of Topliss-reactive ketones (excluding diaryl/α,β-unsaturated/α-hetero) is 1. The monoisotopic (exact) mass is 303 g/mol. The van der Waals surface area contributed by atoms with Crippen molar-refractivity contribution in [1.29, 1.82) is 0 Å². The van der Waals surface area contributed by atoms with E-state index in [1.165, 1.54) is 11.3 Å². The van der Waals surface area contributed by atoms with Crippen molar-refractivity contribution in [3.05, 3.63) is 20.8 Å². The smallest absolute Gasteiger partial charge is 0.293 e. The van der Waals surface area contributed by atoms with Gasteiger partial charge in [-0.3, -0.25) is 9.59 Å². The molecule has 16 heavy (non-hydrogen) atoms. The van der Waals surface area contributed by atoms with Crippen molar-refractivity contribution in [3.63, 3.8) is 0 Å². The molecule has 0 aromatic carbocycles. The van der Waals surface area contributed by atoms with Gasteiger partial charge in [-0.05, 0) is 40.4 Å². The largest absolute Gasteiger partial charge is 0.349 e. The quantitative estimate of drug-likeness (QED) is 0.671. The topological polar surface area (TPSA) is 46.2 Å². The van der Waals surface area contributed by atoms with E-state index in [4.69, 9.17) is 0 Å². The van der Waals surface area contributed by atoms with Crippen LogP contribution in [0.3, 0.4) is 0 Å². The zero-order valence-corrected chi connectivity index (χ0v) is 11.7. The first-order valence-electron chi connectivity index (χ1n) is 5.08. The molecule has 0 radical (unpaired) electrons. The molecule has 0 unspecified atom stereocenters. The SMILES string of the molecule is CC(C)CCNC(=O)C(=O)c1ccc(Br)s1. The van der Waals surface area contributed by atoms with E-state index >= 15 is 0 Å². The van der Waals surface area contributed by atoms with Crippen molar-refractivity contribution < 1.29 is 9.59 Å². The summed E-state index contributed by atoms with van der Waals surface area (Å²) in [5.41, 5.74) is 0. The summed E-state index contributed by atoms with van der Waals surface area (Å²) in [6.45, 7) is 4.70. The molecule has 88 valence electrons. The number of carbonyl (C=O) groups is 2. The summed E-state index contributed by atoms with van der Waals surface area (Å²) < 4.78 is 0.853. The number of amides is 1. The molecule has 0 aliphatic carbocycles. The van der Waals surface area contributed by atoms with Crippen molar-refractivity contribution in [2.24, 2.45) is 5.92 Å². The minimum atomic E-state index is -0.519. The zero-order chi connectivity index (χ0) is 12.1. The lowest BCUT2D eigenvalue weighted by Crippen LogP contribution is -2.31. The number of ketones is 1. The molecule has 1 aromatic rings. The number of carbonyl (C=O) groups excluding carboxylic acids is 2. The average molecular weight is 304 g/mol. The van der Waals surface area contributed by atoms with Crippen LogP contribution >= 0.6 is 27.3 Å². The fourth-order valence-corrected chi connectivity index (χ4v) is 2.43. The van der Waals surface area contributed by atoms with Crippen LogP contribution in [0.15, 0.2) is 15.9 Å². The maximum Gasteiger partial charge on any atom is 0.293 e. The minimum Gasteiger partial charge on any atom is -0.349 e. The standard InChI is InChI=1S/C11H14BrNO2S/c1-7(2)5-6-13-11(15)10(14)8-3-4-9(12)16-8/h3-4,7H,5-6H2,1-2H3,(H,13,15). The molecule has 1 aromatic heterocycles. The second kappa shape index (κ2) is 6.15. The van der Waals surface area contributed by atoms with E-state index < -0.39 is 11.7 Å². The number of hydrogen-bond acceptors (Lipinski definition) is 3.